The van der Waals surface area contributed by atoms with E-state index in [0.29, 0.717) is 13.3 Å². The van der Waals surface area contributed by atoms with Crippen molar-refractivity contribution in [2.45, 2.75) is 37.0 Å². The van der Waals surface area contributed by atoms with Crippen LogP contribution in [-0.2, 0) is 10.0 Å². The summed E-state index contributed by atoms with van der Waals surface area (Å²) < 4.78 is 39.8. The van der Waals surface area contributed by atoms with Gasteiger partial charge in [0.2, 0.25) is 5.96 Å². The lowest BCUT2D eigenvalue weighted by Crippen LogP contribution is -2.50. The Labute approximate surface area is 147 Å². The number of halogens is 1. The fourth-order valence-electron chi connectivity index (χ4n) is 2.91. The van der Waals surface area contributed by atoms with Crippen molar-refractivity contribution in [2.75, 3.05) is 19.9 Å². The second-order valence-corrected chi connectivity index (χ2v) is 7.98. The van der Waals surface area contributed by atoms with Gasteiger partial charge in [-0.3, -0.25) is 4.90 Å². The van der Waals surface area contributed by atoms with E-state index in [-0.39, 0.29) is 10.9 Å². The van der Waals surface area contributed by atoms with Crippen LogP contribution in [0.3, 0.4) is 0 Å². The Hall–Kier alpha value is -1.93. The molecule has 1 aromatic carbocycles. The van der Waals surface area contributed by atoms with Gasteiger partial charge in [-0.05, 0) is 56.4 Å². The molecule has 0 saturated carbocycles. The third-order valence-electron chi connectivity index (χ3n) is 4.39. The summed E-state index contributed by atoms with van der Waals surface area (Å²) in [7, 11) is -3.76. The Morgan fingerprint density at radius 3 is 2.68 bits per heavy atom. The zero-order chi connectivity index (χ0) is 17.7. The molecule has 6 nitrogen and oxygen atoms in total. The molecule has 0 atom stereocenters. The molecule has 1 aliphatic carbocycles. The van der Waals surface area contributed by atoms with Crippen LogP contribution in [0.25, 0.3) is 0 Å². The number of nitrogens with zero attached hydrogens (tertiary/aromatic N) is 2. The molecule has 0 aromatic heterocycles. The van der Waals surface area contributed by atoms with Gasteiger partial charge in [-0.25, -0.2) is 22.5 Å². The third kappa shape index (κ3) is 5.02. The monoisotopic (exact) mass is 366 g/mol. The first-order valence-electron chi connectivity index (χ1n) is 8.50. The molecule has 1 aliphatic heterocycles. The Kier molecular flexibility index (Phi) is 5.70. The number of benzene rings is 1. The summed E-state index contributed by atoms with van der Waals surface area (Å²) in [6, 6.07) is 4.69. The predicted octanol–water partition coefficient (Wildman–Crippen LogP) is 2.17. The van der Waals surface area contributed by atoms with E-state index in [2.05, 4.69) is 26.0 Å². The number of aliphatic imine (C=N–C) groups is 1. The molecule has 0 spiro atoms. The highest BCUT2D eigenvalue weighted by atomic mass is 32.2. The van der Waals surface area contributed by atoms with Crippen LogP contribution < -0.4 is 10.0 Å². The van der Waals surface area contributed by atoms with E-state index < -0.39 is 15.8 Å². The average molecular weight is 366 g/mol. The Morgan fingerprint density at radius 1 is 1.24 bits per heavy atom. The zero-order valence-corrected chi connectivity index (χ0v) is 14.9. The summed E-state index contributed by atoms with van der Waals surface area (Å²) in [5.74, 6) is -0.256. The number of hydrogen-bond donors (Lipinski definition) is 2. The van der Waals surface area contributed by atoms with Crippen LogP contribution in [0, 0.1) is 5.82 Å². The lowest BCUT2D eigenvalue weighted by atomic mass is 9.97. The summed E-state index contributed by atoms with van der Waals surface area (Å²) >= 11 is 0. The van der Waals surface area contributed by atoms with Crippen LogP contribution in [0.2, 0.25) is 0 Å². The summed E-state index contributed by atoms with van der Waals surface area (Å²) in [6.07, 6.45) is 8.31. The molecule has 1 aromatic rings. The van der Waals surface area contributed by atoms with Crippen LogP contribution in [-0.4, -0.2) is 39.2 Å². The minimum atomic E-state index is -3.76. The molecule has 0 amide bonds. The average Bonchev–Trinajstić information content (AvgIpc) is 2.62. The molecular formula is C17H23FN4O2S. The molecule has 0 fully saturated rings. The van der Waals surface area contributed by atoms with E-state index in [1.165, 1.54) is 43.4 Å². The van der Waals surface area contributed by atoms with Crippen LogP contribution >= 0.6 is 0 Å². The molecule has 2 N–H and O–H groups in total. The maximum atomic E-state index is 12.9. The molecule has 0 bridgehead atoms. The van der Waals surface area contributed by atoms with Crippen molar-refractivity contribution < 1.29 is 12.8 Å². The second kappa shape index (κ2) is 7.97. The molecule has 1 heterocycles. The highest BCUT2D eigenvalue weighted by molar-refractivity contribution is 7.90. The highest BCUT2D eigenvalue weighted by Crippen LogP contribution is 2.20. The minimum absolute atomic E-state index is 0.00469. The quantitative estimate of drug-likeness (QED) is 0.784. The van der Waals surface area contributed by atoms with Crippen molar-refractivity contribution in [3.63, 3.8) is 0 Å². The molecular weight excluding hydrogens is 343 g/mol. The lowest BCUT2D eigenvalue weighted by Gasteiger charge is -2.27. The van der Waals surface area contributed by atoms with E-state index in [4.69, 9.17) is 0 Å². The molecule has 0 saturated heterocycles. The van der Waals surface area contributed by atoms with Crippen molar-refractivity contribution in [3.8, 4) is 0 Å². The van der Waals surface area contributed by atoms with Gasteiger partial charge in [0, 0.05) is 6.54 Å². The number of rotatable bonds is 5. The van der Waals surface area contributed by atoms with E-state index in [1.807, 2.05) is 0 Å². The van der Waals surface area contributed by atoms with Crippen LogP contribution in [0.1, 0.15) is 32.1 Å². The number of nitrogens with one attached hydrogen (secondary N) is 2. The molecule has 0 unspecified atom stereocenters. The van der Waals surface area contributed by atoms with Crippen LogP contribution in [0.15, 0.2) is 45.8 Å². The van der Waals surface area contributed by atoms with Crippen LogP contribution in [0.5, 0.6) is 0 Å². The number of sulfonamides is 1. The Bertz CT molecular complexity index is 759. The molecule has 8 heteroatoms. The molecule has 25 heavy (non-hydrogen) atoms. The van der Waals surface area contributed by atoms with Crippen molar-refractivity contribution in [3.05, 3.63) is 41.7 Å². The first-order chi connectivity index (χ1) is 12.0. The SMILES string of the molecule is O=S(=O)(NC1=NCN(CCC2=CCCCC2)CN1)c1ccc(F)cc1. The highest BCUT2D eigenvalue weighted by Gasteiger charge is 2.19. The van der Waals surface area contributed by atoms with Crippen molar-refractivity contribution >= 4 is 16.0 Å². The smallest absolute Gasteiger partial charge is 0.264 e. The Morgan fingerprint density at radius 2 is 2.04 bits per heavy atom. The van der Waals surface area contributed by atoms with E-state index in [9.17, 15) is 12.8 Å². The van der Waals surface area contributed by atoms with Gasteiger partial charge in [-0.15, -0.1) is 0 Å². The first kappa shape index (κ1) is 17.9. The van der Waals surface area contributed by atoms with E-state index in [1.54, 1.807) is 0 Å². The molecule has 0 radical (unpaired) electrons. The van der Waals surface area contributed by atoms with Gasteiger partial charge in [0.25, 0.3) is 10.0 Å². The Balaban J connectivity index is 1.52. The predicted molar refractivity (Wildman–Crippen MR) is 94.9 cm³/mol. The number of hydrogen-bond acceptors (Lipinski definition) is 5. The number of allylic oxidation sites excluding steroid dienone is 1. The lowest BCUT2D eigenvalue weighted by molar-refractivity contribution is 0.265. The van der Waals surface area contributed by atoms with Crippen LogP contribution in [0.4, 0.5) is 4.39 Å². The van der Waals surface area contributed by atoms with Crippen molar-refractivity contribution in [1.29, 1.82) is 0 Å². The van der Waals surface area contributed by atoms with E-state index in [0.717, 1.165) is 25.1 Å². The summed E-state index contributed by atoms with van der Waals surface area (Å²) in [6.45, 7) is 1.89. The fraction of sp³-hybridized carbons (Fsp3) is 0.471. The van der Waals surface area contributed by atoms with Gasteiger partial charge in [0.1, 0.15) is 5.82 Å². The molecule has 136 valence electrons. The van der Waals surface area contributed by atoms with Gasteiger partial charge < -0.3 is 5.32 Å². The number of guanidine groups is 1. The normalized spacial score (nSPS) is 18.9. The first-order valence-corrected chi connectivity index (χ1v) is 9.98. The van der Waals surface area contributed by atoms with Crippen molar-refractivity contribution in [1.82, 2.24) is 14.9 Å². The van der Waals surface area contributed by atoms with Gasteiger partial charge >= 0.3 is 0 Å². The van der Waals surface area contributed by atoms with Gasteiger partial charge in [-0.2, -0.15) is 0 Å². The van der Waals surface area contributed by atoms with E-state index >= 15 is 0 Å². The third-order valence-corrected chi connectivity index (χ3v) is 5.74. The maximum absolute atomic E-state index is 12.9. The van der Waals surface area contributed by atoms with Crippen molar-refractivity contribution in [2.24, 2.45) is 4.99 Å². The zero-order valence-electron chi connectivity index (χ0n) is 14.0. The fourth-order valence-corrected chi connectivity index (χ4v) is 3.92. The summed E-state index contributed by atoms with van der Waals surface area (Å²) in [5, 5.41) is 2.99. The standard InChI is InChI=1S/C17H23FN4O2S/c18-15-6-8-16(9-7-15)25(23,24)21-17-19-12-22(13-20-17)11-10-14-4-2-1-3-5-14/h4,6-9H,1-3,5,10-13H2,(H2,19,20,21). The second-order valence-electron chi connectivity index (χ2n) is 6.30. The maximum Gasteiger partial charge on any atom is 0.264 e. The summed E-state index contributed by atoms with van der Waals surface area (Å²) in [5.41, 5.74) is 1.51. The summed E-state index contributed by atoms with van der Waals surface area (Å²) in [4.78, 5) is 6.39. The largest absolute Gasteiger partial charge is 0.343 e. The van der Waals surface area contributed by atoms with Gasteiger partial charge in [0.15, 0.2) is 0 Å². The molecule has 3 rings (SSSR count). The topological polar surface area (TPSA) is 73.8 Å². The van der Waals surface area contributed by atoms with Gasteiger partial charge in [-0.1, -0.05) is 11.6 Å². The van der Waals surface area contributed by atoms with Gasteiger partial charge in [0.05, 0.1) is 18.2 Å². The minimum Gasteiger partial charge on any atom is -0.343 e. The molecule has 2 aliphatic rings.